The number of likely N-dealkylation sites (tertiary alicyclic amines) is 1. The van der Waals surface area contributed by atoms with Gasteiger partial charge < -0.3 is 5.11 Å². The van der Waals surface area contributed by atoms with Crippen molar-refractivity contribution in [2.45, 2.75) is 45.3 Å². The summed E-state index contributed by atoms with van der Waals surface area (Å²) >= 11 is 0. The number of hydrogen-bond acceptors (Lipinski definition) is 2. The molecule has 1 N–H and O–H groups in total. The van der Waals surface area contributed by atoms with Gasteiger partial charge in [-0.25, -0.2) is 0 Å². The maximum atomic E-state index is 9.15. The van der Waals surface area contributed by atoms with Crippen molar-refractivity contribution in [2.75, 3.05) is 13.1 Å². The van der Waals surface area contributed by atoms with Gasteiger partial charge in [0.05, 0.1) is 6.61 Å². The van der Waals surface area contributed by atoms with E-state index in [0.29, 0.717) is 5.41 Å². The van der Waals surface area contributed by atoms with Gasteiger partial charge in [0.15, 0.2) is 0 Å². The largest absolute Gasteiger partial charge is 0.392 e. The highest BCUT2D eigenvalue weighted by Crippen LogP contribution is 2.44. The van der Waals surface area contributed by atoms with E-state index in [9.17, 15) is 0 Å². The second kappa shape index (κ2) is 5.02. The lowest BCUT2D eigenvalue weighted by Crippen LogP contribution is -2.56. The zero-order valence-corrected chi connectivity index (χ0v) is 11.1. The monoisotopic (exact) mass is 245 g/mol. The van der Waals surface area contributed by atoms with E-state index < -0.39 is 0 Å². The summed E-state index contributed by atoms with van der Waals surface area (Å²) in [6, 6.07) is 8.34. The van der Waals surface area contributed by atoms with Gasteiger partial charge in [0.25, 0.3) is 0 Å². The third-order valence-electron chi connectivity index (χ3n) is 4.61. The van der Waals surface area contributed by atoms with Crippen LogP contribution in [-0.2, 0) is 13.2 Å². The van der Waals surface area contributed by atoms with Crippen LogP contribution in [0.4, 0.5) is 0 Å². The molecule has 1 aliphatic heterocycles. The van der Waals surface area contributed by atoms with E-state index in [1.165, 1.54) is 50.8 Å². The van der Waals surface area contributed by atoms with Crippen LogP contribution in [0.2, 0.25) is 0 Å². The maximum Gasteiger partial charge on any atom is 0.0681 e. The topological polar surface area (TPSA) is 23.5 Å². The summed E-state index contributed by atoms with van der Waals surface area (Å²) in [5.41, 5.74) is 3.04. The molecule has 3 rings (SSSR count). The van der Waals surface area contributed by atoms with Crippen molar-refractivity contribution in [3.05, 3.63) is 35.4 Å². The van der Waals surface area contributed by atoms with Gasteiger partial charge in [-0.1, -0.05) is 43.5 Å². The molecular weight excluding hydrogens is 222 g/mol. The number of hydrogen-bond donors (Lipinski definition) is 1. The van der Waals surface area contributed by atoms with Crippen LogP contribution in [0.1, 0.15) is 43.2 Å². The van der Waals surface area contributed by atoms with Crippen molar-refractivity contribution < 1.29 is 5.11 Å². The van der Waals surface area contributed by atoms with E-state index in [4.69, 9.17) is 5.11 Å². The number of nitrogens with zero attached hydrogens (tertiary/aromatic N) is 1. The Bertz CT molecular complexity index is 401. The summed E-state index contributed by atoms with van der Waals surface area (Å²) in [5.74, 6) is 0. The lowest BCUT2D eigenvalue weighted by Gasteiger charge is -2.52. The van der Waals surface area contributed by atoms with E-state index in [0.717, 1.165) is 12.1 Å². The Kier molecular flexibility index (Phi) is 3.40. The van der Waals surface area contributed by atoms with Gasteiger partial charge in [0, 0.05) is 19.6 Å². The lowest BCUT2D eigenvalue weighted by molar-refractivity contribution is -0.0332. The Hall–Kier alpha value is -0.860. The van der Waals surface area contributed by atoms with E-state index in [2.05, 4.69) is 23.1 Å². The zero-order valence-electron chi connectivity index (χ0n) is 11.1. The van der Waals surface area contributed by atoms with Gasteiger partial charge in [-0.3, -0.25) is 4.90 Å². The van der Waals surface area contributed by atoms with Gasteiger partial charge >= 0.3 is 0 Å². The summed E-state index contributed by atoms with van der Waals surface area (Å²) in [4.78, 5) is 2.56. The molecule has 0 atom stereocenters. The molecule has 1 aromatic carbocycles. The SMILES string of the molecule is OCc1cccc(CN2CC3(CCCCC3)C2)c1. The first-order valence-corrected chi connectivity index (χ1v) is 7.21. The maximum absolute atomic E-state index is 9.15. The molecule has 18 heavy (non-hydrogen) atoms. The Morgan fingerprint density at radius 1 is 1.06 bits per heavy atom. The molecular formula is C16H23NO. The summed E-state index contributed by atoms with van der Waals surface area (Å²) < 4.78 is 0. The van der Waals surface area contributed by atoms with Gasteiger partial charge in [0.1, 0.15) is 0 Å². The first-order valence-electron chi connectivity index (χ1n) is 7.21. The van der Waals surface area contributed by atoms with Gasteiger partial charge in [-0.2, -0.15) is 0 Å². The van der Waals surface area contributed by atoms with Crippen LogP contribution in [-0.4, -0.2) is 23.1 Å². The molecule has 2 fully saturated rings. The molecule has 0 bridgehead atoms. The van der Waals surface area contributed by atoms with Crippen LogP contribution in [0.5, 0.6) is 0 Å². The first kappa shape index (κ1) is 12.2. The van der Waals surface area contributed by atoms with Crippen molar-refractivity contribution in [1.82, 2.24) is 4.90 Å². The molecule has 1 heterocycles. The minimum absolute atomic E-state index is 0.151. The summed E-state index contributed by atoms with van der Waals surface area (Å²) in [7, 11) is 0. The molecule has 1 saturated carbocycles. The number of benzene rings is 1. The Morgan fingerprint density at radius 2 is 1.78 bits per heavy atom. The second-order valence-electron chi connectivity index (χ2n) is 6.18. The van der Waals surface area contributed by atoms with Crippen LogP contribution in [0.15, 0.2) is 24.3 Å². The standard InChI is InChI=1S/C16H23NO/c18-11-15-6-4-5-14(9-15)10-17-12-16(13-17)7-2-1-3-8-16/h4-6,9,18H,1-3,7-8,10-13H2. The molecule has 1 saturated heterocycles. The number of rotatable bonds is 3. The van der Waals surface area contributed by atoms with Gasteiger partial charge in [-0.05, 0) is 29.4 Å². The highest BCUT2D eigenvalue weighted by atomic mass is 16.3. The fraction of sp³-hybridized carbons (Fsp3) is 0.625. The third kappa shape index (κ3) is 2.45. The van der Waals surface area contributed by atoms with Gasteiger partial charge in [0.2, 0.25) is 0 Å². The Balaban J connectivity index is 1.55. The van der Waals surface area contributed by atoms with E-state index in [1.54, 1.807) is 0 Å². The minimum Gasteiger partial charge on any atom is -0.392 e. The smallest absolute Gasteiger partial charge is 0.0681 e. The summed E-state index contributed by atoms with van der Waals surface area (Å²) in [6.07, 6.45) is 7.21. The number of aliphatic hydroxyl groups is 1. The highest BCUT2D eigenvalue weighted by molar-refractivity contribution is 5.23. The summed E-state index contributed by atoms with van der Waals surface area (Å²) in [6.45, 7) is 3.78. The predicted octanol–water partition coefficient (Wildman–Crippen LogP) is 2.95. The Morgan fingerprint density at radius 3 is 2.50 bits per heavy atom. The third-order valence-corrected chi connectivity index (χ3v) is 4.61. The fourth-order valence-corrected chi connectivity index (χ4v) is 3.72. The van der Waals surface area contributed by atoms with Crippen LogP contribution in [0, 0.1) is 5.41 Å². The quantitative estimate of drug-likeness (QED) is 0.885. The van der Waals surface area contributed by atoms with Crippen LogP contribution in [0.25, 0.3) is 0 Å². The normalized spacial score (nSPS) is 22.9. The highest BCUT2D eigenvalue weighted by Gasteiger charge is 2.42. The molecule has 1 aromatic rings. The van der Waals surface area contributed by atoms with Crippen LogP contribution in [0.3, 0.4) is 0 Å². The van der Waals surface area contributed by atoms with E-state index in [-0.39, 0.29) is 6.61 Å². The first-order chi connectivity index (χ1) is 8.80. The molecule has 0 amide bonds. The van der Waals surface area contributed by atoms with Crippen molar-refractivity contribution in [1.29, 1.82) is 0 Å². The lowest BCUT2D eigenvalue weighted by atomic mass is 9.68. The van der Waals surface area contributed by atoms with Gasteiger partial charge in [-0.15, -0.1) is 0 Å². The average Bonchev–Trinajstić information content (AvgIpc) is 2.38. The molecule has 2 nitrogen and oxygen atoms in total. The molecule has 2 aliphatic rings. The average molecular weight is 245 g/mol. The number of aliphatic hydroxyl groups excluding tert-OH is 1. The molecule has 1 spiro atoms. The molecule has 2 heteroatoms. The van der Waals surface area contributed by atoms with E-state index >= 15 is 0 Å². The molecule has 0 radical (unpaired) electrons. The molecule has 0 aromatic heterocycles. The minimum atomic E-state index is 0.151. The molecule has 98 valence electrons. The van der Waals surface area contributed by atoms with Crippen molar-refractivity contribution >= 4 is 0 Å². The second-order valence-corrected chi connectivity index (χ2v) is 6.18. The Labute approximate surface area is 110 Å². The van der Waals surface area contributed by atoms with E-state index in [1.807, 2.05) is 6.07 Å². The fourth-order valence-electron chi connectivity index (χ4n) is 3.72. The zero-order chi connectivity index (χ0) is 12.4. The van der Waals surface area contributed by atoms with Crippen LogP contribution >= 0.6 is 0 Å². The van der Waals surface area contributed by atoms with Crippen molar-refractivity contribution in [3.63, 3.8) is 0 Å². The molecule has 0 unspecified atom stereocenters. The predicted molar refractivity (Wildman–Crippen MR) is 73.2 cm³/mol. The van der Waals surface area contributed by atoms with Crippen molar-refractivity contribution in [2.24, 2.45) is 5.41 Å². The summed E-state index contributed by atoms with van der Waals surface area (Å²) in [5, 5.41) is 9.15. The van der Waals surface area contributed by atoms with Crippen LogP contribution < -0.4 is 0 Å². The van der Waals surface area contributed by atoms with Crippen molar-refractivity contribution in [3.8, 4) is 0 Å². The molecule has 1 aliphatic carbocycles.